The van der Waals surface area contributed by atoms with Crippen molar-refractivity contribution in [1.82, 2.24) is 10.2 Å². The zero-order valence-electron chi connectivity index (χ0n) is 13.7. The molecule has 0 spiro atoms. The molecule has 0 aliphatic carbocycles. The lowest BCUT2D eigenvalue weighted by atomic mass is 10.1. The van der Waals surface area contributed by atoms with Gasteiger partial charge in [-0.25, -0.2) is 0 Å². The number of nitrogens with one attached hydrogen (secondary N) is 2. The number of azo groups is 1. The van der Waals surface area contributed by atoms with Gasteiger partial charge in [0.2, 0.25) is 0 Å². The summed E-state index contributed by atoms with van der Waals surface area (Å²) in [6.45, 7) is 1.50. The summed E-state index contributed by atoms with van der Waals surface area (Å²) in [5.41, 5.74) is 2.20. The van der Waals surface area contributed by atoms with E-state index < -0.39 is 0 Å². The molecular weight excluding hydrogens is 320 g/mol. The average Bonchev–Trinajstić information content (AvgIpc) is 3.01. The molecule has 2 N–H and O–H groups in total. The minimum atomic E-state index is -0.373. The van der Waals surface area contributed by atoms with Gasteiger partial charge in [-0.3, -0.25) is 19.8 Å². The molecule has 1 aromatic heterocycles. The second-order valence-electron chi connectivity index (χ2n) is 5.34. The minimum absolute atomic E-state index is 0.0223. The molecule has 0 fully saturated rings. The first-order chi connectivity index (χ1) is 12.1. The fourth-order valence-electron chi connectivity index (χ4n) is 2.30. The van der Waals surface area contributed by atoms with E-state index in [2.05, 4.69) is 20.4 Å². The Bertz CT molecular complexity index is 984. The summed E-state index contributed by atoms with van der Waals surface area (Å²) in [5, 5.41) is 13.5. The SMILES string of the molecule is COc1cccc(-c2[nH][nH]c(=O)c2N=Nc2ccc(C(C)=O)cc2)c1. The molecule has 0 saturated heterocycles. The van der Waals surface area contributed by atoms with E-state index in [-0.39, 0.29) is 17.0 Å². The van der Waals surface area contributed by atoms with Crippen molar-refractivity contribution < 1.29 is 9.53 Å². The monoisotopic (exact) mass is 336 g/mol. The van der Waals surface area contributed by atoms with Crippen LogP contribution in [0.3, 0.4) is 0 Å². The van der Waals surface area contributed by atoms with E-state index in [1.165, 1.54) is 6.92 Å². The van der Waals surface area contributed by atoms with Crippen LogP contribution in [0.1, 0.15) is 17.3 Å². The van der Waals surface area contributed by atoms with Crippen LogP contribution in [0.2, 0.25) is 0 Å². The van der Waals surface area contributed by atoms with Crippen LogP contribution < -0.4 is 10.3 Å². The molecule has 0 amide bonds. The summed E-state index contributed by atoms with van der Waals surface area (Å²) < 4.78 is 5.20. The normalized spacial score (nSPS) is 11.0. The summed E-state index contributed by atoms with van der Waals surface area (Å²) in [6.07, 6.45) is 0. The Morgan fingerprint density at radius 1 is 1.04 bits per heavy atom. The maximum absolute atomic E-state index is 12.0. The molecular formula is C18H16N4O3. The second kappa shape index (κ2) is 6.96. The first-order valence-corrected chi connectivity index (χ1v) is 7.56. The van der Waals surface area contributed by atoms with Gasteiger partial charge >= 0.3 is 0 Å². The van der Waals surface area contributed by atoms with Gasteiger partial charge in [-0.2, -0.15) is 5.11 Å². The molecule has 0 aliphatic heterocycles. The van der Waals surface area contributed by atoms with Crippen molar-refractivity contribution in [3.63, 3.8) is 0 Å². The molecule has 2 aromatic carbocycles. The number of methoxy groups -OCH3 is 1. The van der Waals surface area contributed by atoms with Gasteiger partial charge in [0.25, 0.3) is 5.56 Å². The van der Waals surface area contributed by atoms with E-state index >= 15 is 0 Å². The summed E-state index contributed by atoms with van der Waals surface area (Å²) in [6, 6.07) is 13.9. The third-order valence-electron chi connectivity index (χ3n) is 3.65. The molecule has 0 saturated carbocycles. The minimum Gasteiger partial charge on any atom is -0.497 e. The molecule has 126 valence electrons. The molecule has 0 bridgehead atoms. The van der Waals surface area contributed by atoms with Crippen molar-refractivity contribution in [2.75, 3.05) is 7.11 Å². The Morgan fingerprint density at radius 2 is 1.80 bits per heavy atom. The van der Waals surface area contributed by atoms with Gasteiger partial charge in [-0.05, 0) is 43.3 Å². The van der Waals surface area contributed by atoms with E-state index in [0.29, 0.717) is 22.7 Å². The fourth-order valence-corrected chi connectivity index (χ4v) is 2.30. The molecule has 7 nitrogen and oxygen atoms in total. The van der Waals surface area contributed by atoms with Crippen LogP contribution in [0.15, 0.2) is 63.6 Å². The number of nitrogens with zero attached hydrogens (tertiary/aromatic N) is 2. The van der Waals surface area contributed by atoms with Crippen molar-refractivity contribution in [3.05, 3.63) is 64.4 Å². The number of H-pyrrole nitrogens is 2. The Balaban J connectivity index is 1.94. The highest BCUT2D eigenvalue weighted by Crippen LogP contribution is 2.28. The molecule has 0 radical (unpaired) electrons. The van der Waals surface area contributed by atoms with Crippen LogP contribution in [0, 0.1) is 0 Å². The summed E-state index contributed by atoms with van der Waals surface area (Å²) in [4.78, 5) is 23.3. The number of ether oxygens (including phenoxy) is 1. The number of aromatic nitrogens is 2. The van der Waals surface area contributed by atoms with Gasteiger partial charge in [0.15, 0.2) is 11.5 Å². The van der Waals surface area contributed by atoms with Gasteiger partial charge in [0, 0.05) is 11.1 Å². The summed E-state index contributed by atoms with van der Waals surface area (Å²) >= 11 is 0. The topological polar surface area (TPSA) is 99.7 Å². The Labute approximate surface area is 143 Å². The number of carbonyl (C=O) groups is 1. The van der Waals surface area contributed by atoms with Crippen molar-refractivity contribution in [2.24, 2.45) is 10.2 Å². The largest absolute Gasteiger partial charge is 0.497 e. The zero-order chi connectivity index (χ0) is 17.8. The number of hydrogen-bond donors (Lipinski definition) is 2. The maximum atomic E-state index is 12.0. The Morgan fingerprint density at radius 3 is 2.48 bits per heavy atom. The van der Waals surface area contributed by atoms with Crippen molar-refractivity contribution in [3.8, 4) is 17.0 Å². The average molecular weight is 336 g/mol. The number of aromatic amines is 2. The van der Waals surface area contributed by atoms with Gasteiger partial charge in [-0.1, -0.05) is 12.1 Å². The summed E-state index contributed by atoms with van der Waals surface area (Å²) in [5.74, 6) is 0.646. The predicted octanol–water partition coefficient (Wildman–Crippen LogP) is 4.00. The third kappa shape index (κ3) is 3.55. The van der Waals surface area contributed by atoms with E-state index in [0.717, 1.165) is 5.56 Å². The van der Waals surface area contributed by atoms with E-state index in [9.17, 15) is 9.59 Å². The molecule has 3 aromatic rings. The molecule has 0 atom stereocenters. The van der Waals surface area contributed by atoms with Gasteiger partial charge in [0.1, 0.15) is 5.75 Å². The quantitative estimate of drug-likeness (QED) is 0.544. The number of rotatable bonds is 5. The van der Waals surface area contributed by atoms with Crippen LogP contribution in [0.25, 0.3) is 11.3 Å². The lowest BCUT2D eigenvalue weighted by Gasteiger charge is -2.02. The van der Waals surface area contributed by atoms with Crippen molar-refractivity contribution >= 4 is 17.2 Å². The fraction of sp³-hybridized carbons (Fsp3) is 0.111. The van der Waals surface area contributed by atoms with E-state index in [1.807, 2.05) is 18.2 Å². The summed E-state index contributed by atoms with van der Waals surface area (Å²) in [7, 11) is 1.57. The Kier molecular flexibility index (Phi) is 4.56. The maximum Gasteiger partial charge on any atom is 0.292 e. The second-order valence-corrected chi connectivity index (χ2v) is 5.34. The lowest BCUT2D eigenvalue weighted by molar-refractivity contribution is 0.101. The first-order valence-electron chi connectivity index (χ1n) is 7.56. The van der Waals surface area contributed by atoms with Crippen LogP contribution >= 0.6 is 0 Å². The zero-order valence-corrected chi connectivity index (χ0v) is 13.7. The van der Waals surface area contributed by atoms with Crippen LogP contribution in [0.4, 0.5) is 11.4 Å². The van der Waals surface area contributed by atoms with Crippen LogP contribution in [0.5, 0.6) is 5.75 Å². The smallest absolute Gasteiger partial charge is 0.292 e. The Hall–Kier alpha value is -3.48. The molecule has 0 aliphatic rings. The van der Waals surface area contributed by atoms with Gasteiger partial charge < -0.3 is 4.74 Å². The number of benzene rings is 2. The molecule has 25 heavy (non-hydrogen) atoms. The van der Waals surface area contributed by atoms with E-state index in [4.69, 9.17) is 4.74 Å². The third-order valence-corrected chi connectivity index (χ3v) is 3.65. The molecule has 3 rings (SSSR count). The number of Topliss-reactive ketones (excluding diaryl/α,β-unsaturated/α-hetero) is 1. The standard InChI is InChI=1S/C18H16N4O3/c1-11(23)12-6-8-14(9-7-12)19-21-17-16(20-22-18(17)24)13-4-3-5-15(10-13)25-2/h3-10H,1-2H3,(H2,20,22,24). The number of hydrogen-bond acceptors (Lipinski definition) is 5. The lowest BCUT2D eigenvalue weighted by Crippen LogP contribution is -1.96. The molecule has 7 heteroatoms. The van der Waals surface area contributed by atoms with Crippen molar-refractivity contribution in [1.29, 1.82) is 0 Å². The highest BCUT2D eigenvalue weighted by molar-refractivity contribution is 5.94. The highest BCUT2D eigenvalue weighted by Gasteiger charge is 2.12. The van der Waals surface area contributed by atoms with Crippen LogP contribution in [-0.4, -0.2) is 23.1 Å². The molecule has 1 heterocycles. The number of carbonyl (C=O) groups excluding carboxylic acids is 1. The van der Waals surface area contributed by atoms with Crippen LogP contribution in [-0.2, 0) is 0 Å². The highest BCUT2D eigenvalue weighted by atomic mass is 16.5. The molecule has 0 unspecified atom stereocenters. The van der Waals surface area contributed by atoms with Gasteiger partial charge in [-0.15, -0.1) is 5.11 Å². The van der Waals surface area contributed by atoms with Gasteiger partial charge in [0.05, 0.1) is 18.5 Å². The first kappa shape index (κ1) is 16.4. The number of ketones is 1. The predicted molar refractivity (Wildman–Crippen MR) is 94.0 cm³/mol. The van der Waals surface area contributed by atoms with E-state index in [1.54, 1.807) is 37.4 Å². The van der Waals surface area contributed by atoms with Crippen molar-refractivity contribution in [2.45, 2.75) is 6.92 Å².